The van der Waals surface area contributed by atoms with Crippen molar-refractivity contribution in [3.8, 4) is 17.2 Å². The Labute approximate surface area is 238 Å². The molecule has 0 saturated heterocycles. The van der Waals surface area contributed by atoms with E-state index in [0.717, 1.165) is 16.9 Å². The normalized spacial score (nSPS) is 11.1. The topological polar surface area (TPSA) is 52.6 Å². The fraction of sp³-hybridized carbons (Fsp3) is 0.172. The molecular formula is C29H26Li2O4S. The predicted octanol–water partition coefficient (Wildman–Crippen LogP) is 0.563. The quantitative estimate of drug-likeness (QED) is 0.284. The van der Waals surface area contributed by atoms with Gasteiger partial charge in [-0.2, -0.15) is 35.9 Å². The number of methoxy groups -OCH3 is 1. The van der Waals surface area contributed by atoms with E-state index in [0.29, 0.717) is 11.5 Å². The predicted molar refractivity (Wildman–Crippen MR) is 132 cm³/mol. The standard InChI is InChI=1S/C29H26O4S.2Li/c1-21-5-17-27(18-6-21)34(30,31)28-19-15-26(16-20-28)33-25-13-9-23(10-14-25)29(2,3)22-7-11-24(32-4)12-8-22;;/h5-17,19H,1-4H3;;/q-2;2*+1. The van der Waals surface area contributed by atoms with Gasteiger partial charge in [0.05, 0.1) is 7.11 Å². The molecule has 0 spiro atoms. The van der Waals surface area contributed by atoms with Crippen LogP contribution in [0.1, 0.15) is 30.5 Å². The molecule has 4 rings (SSSR count). The average molecular weight is 484 g/mol. The molecule has 0 aromatic heterocycles. The Morgan fingerprint density at radius 1 is 0.667 bits per heavy atom. The van der Waals surface area contributed by atoms with Crippen LogP contribution in [0, 0.1) is 19.1 Å². The van der Waals surface area contributed by atoms with Gasteiger partial charge in [-0.1, -0.05) is 45.0 Å². The third-order valence-electron chi connectivity index (χ3n) is 5.90. The third kappa shape index (κ3) is 6.49. The van der Waals surface area contributed by atoms with Crippen molar-refractivity contribution in [1.29, 1.82) is 0 Å². The summed E-state index contributed by atoms with van der Waals surface area (Å²) in [5.74, 6) is 2.00. The SMILES string of the molecule is COc1ccc(C(C)(C)c2ccc(Oc3c[c-]c(S(=O)(=O)c4[c-]cc(C)cc4)cc3)cc2)cc1.[Li+].[Li+]. The van der Waals surface area contributed by atoms with E-state index in [4.69, 9.17) is 9.47 Å². The number of aryl methyl sites for hydroxylation is 1. The van der Waals surface area contributed by atoms with E-state index in [-0.39, 0.29) is 52.9 Å². The van der Waals surface area contributed by atoms with Gasteiger partial charge in [-0.25, -0.2) is 8.42 Å². The van der Waals surface area contributed by atoms with Gasteiger partial charge >= 0.3 is 37.7 Å². The van der Waals surface area contributed by atoms with E-state index in [2.05, 4.69) is 38.1 Å². The number of benzene rings is 4. The number of ether oxygens (including phenoxy) is 2. The van der Waals surface area contributed by atoms with Gasteiger partial charge in [-0.3, -0.25) is 0 Å². The molecular weight excluding hydrogens is 458 g/mol. The van der Waals surface area contributed by atoms with Crippen LogP contribution in [0.2, 0.25) is 0 Å². The molecule has 0 fully saturated rings. The van der Waals surface area contributed by atoms with Crippen molar-refractivity contribution < 1.29 is 55.6 Å². The maximum absolute atomic E-state index is 12.8. The van der Waals surface area contributed by atoms with E-state index < -0.39 is 9.84 Å². The number of hydrogen-bond donors (Lipinski definition) is 0. The molecule has 0 N–H and O–H groups in total. The Morgan fingerprint density at radius 2 is 1.14 bits per heavy atom. The van der Waals surface area contributed by atoms with E-state index in [1.54, 1.807) is 31.4 Å². The molecule has 0 amide bonds. The summed E-state index contributed by atoms with van der Waals surface area (Å²) < 4.78 is 36.8. The molecule has 0 atom stereocenters. The second-order valence-corrected chi connectivity index (χ2v) is 10.5. The summed E-state index contributed by atoms with van der Waals surface area (Å²) in [5, 5.41) is 0. The first-order valence-electron chi connectivity index (χ1n) is 10.9. The van der Waals surface area contributed by atoms with Crippen molar-refractivity contribution in [2.45, 2.75) is 36.0 Å². The Bertz CT molecular complexity index is 1360. The van der Waals surface area contributed by atoms with Gasteiger partial charge in [0, 0.05) is 11.2 Å². The van der Waals surface area contributed by atoms with Gasteiger partial charge in [0.2, 0.25) is 0 Å². The number of sulfone groups is 1. The van der Waals surface area contributed by atoms with Gasteiger partial charge < -0.3 is 9.47 Å². The van der Waals surface area contributed by atoms with Gasteiger partial charge in [-0.15, -0.1) is 18.2 Å². The molecule has 0 radical (unpaired) electrons. The second kappa shape index (κ2) is 12.2. The van der Waals surface area contributed by atoms with Crippen LogP contribution in [-0.2, 0) is 15.3 Å². The minimum atomic E-state index is -3.67. The zero-order valence-electron chi connectivity index (χ0n) is 21.6. The van der Waals surface area contributed by atoms with Crippen molar-refractivity contribution in [3.05, 3.63) is 114 Å². The molecule has 4 aromatic carbocycles. The van der Waals surface area contributed by atoms with Crippen molar-refractivity contribution in [2.75, 3.05) is 7.11 Å². The number of rotatable bonds is 7. The van der Waals surface area contributed by atoms with E-state index in [1.807, 2.05) is 43.3 Å². The minimum absolute atomic E-state index is 0. The maximum Gasteiger partial charge on any atom is 1.00 e. The summed E-state index contributed by atoms with van der Waals surface area (Å²) in [4.78, 5) is 0.203. The Kier molecular flexibility index (Phi) is 10.2. The Hall–Kier alpha value is -2.38. The van der Waals surface area contributed by atoms with Crippen LogP contribution in [0.3, 0.4) is 0 Å². The second-order valence-electron chi connectivity index (χ2n) is 8.60. The molecule has 0 bridgehead atoms. The van der Waals surface area contributed by atoms with Gasteiger partial charge in [0.1, 0.15) is 11.5 Å². The molecule has 0 unspecified atom stereocenters. The van der Waals surface area contributed by atoms with Gasteiger partial charge in [0.15, 0.2) is 9.84 Å². The molecule has 36 heavy (non-hydrogen) atoms. The van der Waals surface area contributed by atoms with E-state index in [9.17, 15) is 8.42 Å². The maximum atomic E-state index is 12.8. The summed E-state index contributed by atoms with van der Waals surface area (Å²) >= 11 is 0. The van der Waals surface area contributed by atoms with Crippen LogP contribution in [0.4, 0.5) is 0 Å². The summed E-state index contributed by atoms with van der Waals surface area (Å²) in [6.45, 7) is 6.23. The fourth-order valence-electron chi connectivity index (χ4n) is 3.65. The largest absolute Gasteiger partial charge is 1.00 e. The van der Waals surface area contributed by atoms with Crippen LogP contribution >= 0.6 is 0 Å². The summed E-state index contributed by atoms with van der Waals surface area (Å²) in [5.41, 5.74) is 3.08. The molecule has 0 saturated carbocycles. The first-order chi connectivity index (χ1) is 16.2. The third-order valence-corrected chi connectivity index (χ3v) is 7.56. The first-order valence-corrected chi connectivity index (χ1v) is 12.4. The van der Waals surface area contributed by atoms with E-state index in [1.165, 1.54) is 17.7 Å². The van der Waals surface area contributed by atoms with Gasteiger partial charge in [0.25, 0.3) is 0 Å². The van der Waals surface area contributed by atoms with Crippen LogP contribution in [0.5, 0.6) is 17.2 Å². The first kappa shape index (κ1) is 29.9. The smallest absolute Gasteiger partial charge is 0.517 e. The van der Waals surface area contributed by atoms with Crippen LogP contribution in [0.15, 0.2) is 94.7 Å². The molecule has 4 nitrogen and oxygen atoms in total. The van der Waals surface area contributed by atoms with Crippen LogP contribution in [0.25, 0.3) is 0 Å². The molecule has 174 valence electrons. The Morgan fingerprint density at radius 3 is 1.58 bits per heavy atom. The molecule has 4 aromatic rings. The summed E-state index contributed by atoms with van der Waals surface area (Å²) in [6, 6.07) is 31.2. The number of hydrogen-bond acceptors (Lipinski definition) is 4. The van der Waals surface area contributed by atoms with Crippen molar-refractivity contribution in [3.63, 3.8) is 0 Å². The molecule has 7 heteroatoms. The molecule has 0 aliphatic carbocycles. The Balaban J connectivity index is 0.00000228. The monoisotopic (exact) mass is 484 g/mol. The molecule has 0 heterocycles. The molecule has 0 aliphatic heterocycles. The van der Waals surface area contributed by atoms with Crippen molar-refractivity contribution in [2.24, 2.45) is 0 Å². The van der Waals surface area contributed by atoms with Crippen molar-refractivity contribution >= 4 is 9.84 Å². The zero-order valence-corrected chi connectivity index (χ0v) is 22.4. The fourth-order valence-corrected chi connectivity index (χ4v) is 4.81. The summed E-state index contributed by atoms with van der Waals surface area (Å²) in [6.07, 6.45) is 0. The summed E-state index contributed by atoms with van der Waals surface area (Å²) in [7, 11) is -2.01. The van der Waals surface area contributed by atoms with Crippen LogP contribution in [-0.4, -0.2) is 15.5 Å². The van der Waals surface area contributed by atoms with Crippen LogP contribution < -0.4 is 47.2 Å². The molecule has 0 aliphatic rings. The average Bonchev–Trinajstić information content (AvgIpc) is 2.85. The minimum Gasteiger partial charge on any atom is -0.517 e. The van der Waals surface area contributed by atoms with E-state index >= 15 is 0 Å². The van der Waals surface area contributed by atoms with Gasteiger partial charge in [-0.05, 0) is 45.2 Å². The zero-order chi connectivity index (χ0) is 24.3. The van der Waals surface area contributed by atoms with Crippen molar-refractivity contribution in [1.82, 2.24) is 0 Å².